The van der Waals surface area contributed by atoms with Gasteiger partial charge in [0.1, 0.15) is 0 Å². The van der Waals surface area contributed by atoms with Crippen molar-refractivity contribution in [2.45, 2.75) is 57.2 Å². The topological polar surface area (TPSA) is 9.23 Å². The molecular formula is C10H17F3O. The highest BCUT2D eigenvalue weighted by atomic mass is 19.4. The van der Waals surface area contributed by atoms with Crippen molar-refractivity contribution in [3.05, 3.63) is 0 Å². The van der Waals surface area contributed by atoms with E-state index in [9.17, 15) is 13.2 Å². The van der Waals surface area contributed by atoms with Gasteiger partial charge in [0.25, 0.3) is 0 Å². The van der Waals surface area contributed by atoms with Gasteiger partial charge >= 0.3 is 6.18 Å². The number of hydrogen-bond acceptors (Lipinski definition) is 1. The Morgan fingerprint density at radius 3 is 2.29 bits per heavy atom. The van der Waals surface area contributed by atoms with Gasteiger partial charge in [-0.1, -0.05) is 12.8 Å². The summed E-state index contributed by atoms with van der Waals surface area (Å²) in [4.78, 5) is 0. The molecule has 1 nitrogen and oxygen atoms in total. The zero-order chi connectivity index (χ0) is 10.4. The first-order chi connectivity index (χ1) is 6.58. The second-order valence-corrected chi connectivity index (χ2v) is 3.85. The summed E-state index contributed by atoms with van der Waals surface area (Å²) in [5.41, 5.74) is 0. The van der Waals surface area contributed by atoms with Crippen molar-refractivity contribution in [1.82, 2.24) is 0 Å². The van der Waals surface area contributed by atoms with Crippen molar-refractivity contribution in [3.8, 4) is 0 Å². The van der Waals surface area contributed by atoms with Crippen LogP contribution in [-0.2, 0) is 4.74 Å². The number of ether oxygens (including phenoxy) is 1. The molecule has 0 bridgehead atoms. The van der Waals surface area contributed by atoms with Crippen molar-refractivity contribution in [2.24, 2.45) is 0 Å². The van der Waals surface area contributed by atoms with Crippen LogP contribution < -0.4 is 0 Å². The Balaban J connectivity index is 1.89. The molecule has 0 unspecified atom stereocenters. The monoisotopic (exact) mass is 210 g/mol. The van der Waals surface area contributed by atoms with Crippen LogP contribution in [-0.4, -0.2) is 18.9 Å². The molecule has 84 valence electrons. The van der Waals surface area contributed by atoms with E-state index in [1.165, 1.54) is 12.8 Å². The number of hydrogen-bond donors (Lipinski definition) is 0. The normalized spacial score (nSPS) is 19.1. The second-order valence-electron chi connectivity index (χ2n) is 3.85. The highest BCUT2D eigenvalue weighted by Crippen LogP contribution is 2.23. The number of alkyl halides is 3. The molecule has 0 heterocycles. The molecule has 1 aliphatic carbocycles. The van der Waals surface area contributed by atoms with E-state index in [1.807, 2.05) is 0 Å². The van der Waals surface area contributed by atoms with Crippen LogP contribution in [0.2, 0.25) is 0 Å². The minimum Gasteiger partial charge on any atom is -0.378 e. The molecule has 0 aromatic heterocycles. The Bertz CT molecular complexity index is 150. The molecule has 0 atom stereocenters. The predicted octanol–water partition coefficient (Wildman–Crippen LogP) is 3.68. The van der Waals surface area contributed by atoms with Gasteiger partial charge in [0, 0.05) is 13.0 Å². The zero-order valence-corrected chi connectivity index (χ0v) is 8.28. The minimum absolute atomic E-state index is 0.191. The van der Waals surface area contributed by atoms with Crippen LogP contribution in [0.4, 0.5) is 13.2 Å². The van der Waals surface area contributed by atoms with Crippen molar-refractivity contribution in [2.75, 3.05) is 6.61 Å². The number of halogens is 3. The smallest absolute Gasteiger partial charge is 0.378 e. The van der Waals surface area contributed by atoms with Crippen molar-refractivity contribution < 1.29 is 17.9 Å². The van der Waals surface area contributed by atoms with Crippen LogP contribution in [0.5, 0.6) is 0 Å². The summed E-state index contributed by atoms with van der Waals surface area (Å²) in [6.07, 6.45) is 0.917. The first-order valence-electron chi connectivity index (χ1n) is 5.26. The molecule has 4 heteroatoms. The van der Waals surface area contributed by atoms with Crippen LogP contribution in [0.15, 0.2) is 0 Å². The van der Waals surface area contributed by atoms with Gasteiger partial charge in [-0.3, -0.25) is 0 Å². The fourth-order valence-electron chi connectivity index (χ4n) is 1.73. The maximum atomic E-state index is 11.7. The molecule has 1 aliphatic rings. The van der Waals surface area contributed by atoms with Crippen molar-refractivity contribution in [3.63, 3.8) is 0 Å². The lowest BCUT2D eigenvalue weighted by Crippen LogP contribution is -2.10. The summed E-state index contributed by atoms with van der Waals surface area (Å²) in [7, 11) is 0. The Hall–Kier alpha value is -0.250. The molecule has 0 aromatic rings. The zero-order valence-electron chi connectivity index (χ0n) is 8.28. The van der Waals surface area contributed by atoms with E-state index in [1.54, 1.807) is 0 Å². The lowest BCUT2D eigenvalue weighted by atomic mass is 10.2. The highest BCUT2D eigenvalue weighted by molar-refractivity contribution is 4.66. The first kappa shape index (κ1) is 11.8. The Morgan fingerprint density at radius 2 is 1.71 bits per heavy atom. The van der Waals surface area contributed by atoms with E-state index >= 15 is 0 Å². The standard InChI is InChI=1S/C10H17F3O/c11-10(12,13)7-3-4-8-14-9-5-1-2-6-9/h9H,1-8H2. The van der Waals surface area contributed by atoms with Gasteiger partial charge in [-0.15, -0.1) is 0 Å². The van der Waals surface area contributed by atoms with Crippen molar-refractivity contribution >= 4 is 0 Å². The lowest BCUT2D eigenvalue weighted by Gasteiger charge is -2.11. The van der Waals surface area contributed by atoms with Crippen LogP contribution >= 0.6 is 0 Å². The summed E-state index contributed by atoms with van der Waals surface area (Å²) in [5, 5.41) is 0. The molecular weight excluding hydrogens is 193 g/mol. The van der Waals surface area contributed by atoms with Crippen LogP contribution in [0, 0.1) is 0 Å². The highest BCUT2D eigenvalue weighted by Gasteiger charge is 2.25. The molecule has 14 heavy (non-hydrogen) atoms. The van der Waals surface area contributed by atoms with Gasteiger partial charge in [0.15, 0.2) is 0 Å². The molecule has 0 aromatic carbocycles. The second kappa shape index (κ2) is 5.59. The third-order valence-electron chi connectivity index (χ3n) is 2.51. The maximum absolute atomic E-state index is 11.7. The van der Waals surface area contributed by atoms with Gasteiger partial charge < -0.3 is 4.74 Å². The summed E-state index contributed by atoms with van der Waals surface area (Å²) >= 11 is 0. The average molecular weight is 210 g/mol. The van der Waals surface area contributed by atoms with Gasteiger partial charge in [-0.05, 0) is 25.7 Å². The van der Waals surface area contributed by atoms with Crippen LogP contribution in [0.3, 0.4) is 0 Å². The quantitative estimate of drug-likeness (QED) is 0.629. The molecule has 0 spiro atoms. The molecule has 0 N–H and O–H groups in total. The average Bonchev–Trinajstić information content (AvgIpc) is 2.54. The lowest BCUT2D eigenvalue weighted by molar-refractivity contribution is -0.136. The Morgan fingerprint density at radius 1 is 1.07 bits per heavy atom. The maximum Gasteiger partial charge on any atom is 0.389 e. The first-order valence-corrected chi connectivity index (χ1v) is 5.26. The summed E-state index contributed by atoms with van der Waals surface area (Å²) < 4.78 is 40.7. The third kappa shape index (κ3) is 5.47. The molecule has 1 saturated carbocycles. The van der Waals surface area contributed by atoms with Crippen LogP contribution in [0.25, 0.3) is 0 Å². The van der Waals surface area contributed by atoms with E-state index in [0.717, 1.165) is 12.8 Å². The molecule has 0 saturated heterocycles. The summed E-state index contributed by atoms with van der Waals surface area (Å²) in [6.45, 7) is 0.487. The molecule has 1 fully saturated rings. The minimum atomic E-state index is -4.01. The van der Waals surface area contributed by atoms with E-state index in [0.29, 0.717) is 19.1 Å². The molecule has 0 amide bonds. The Labute approximate surface area is 82.6 Å². The SMILES string of the molecule is FC(F)(F)CCCCOC1CCCC1. The van der Waals surface area contributed by atoms with Gasteiger partial charge in [0.05, 0.1) is 6.10 Å². The largest absolute Gasteiger partial charge is 0.389 e. The molecule has 1 rings (SSSR count). The van der Waals surface area contributed by atoms with Gasteiger partial charge in [-0.2, -0.15) is 13.2 Å². The molecule has 0 aliphatic heterocycles. The number of unbranched alkanes of at least 4 members (excludes halogenated alkanes) is 1. The predicted molar refractivity (Wildman–Crippen MR) is 48.1 cm³/mol. The number of rotatable bonds is 5. The fraction of sp³-hybridized carbons (Fsp3) is 1.00. The van der Waals surface area contributed by atoms with Gasteiger partial charge in [-0.25, -0.2) is 0 Å². The Kier molecular flexibility index (Phi) is 4.72. The molecule has 0 radical (unpaired) electrons. The fourth-order valence-corrected chi connectivity index (χ4v) is 1.73. The summed E-state index contributed by atoms with van der Waals surface area (Å²) in [5.74, 6) is 0. The van der Waals surface area contributed by atoms with E-state index < -0.39 is 12.6 Å². The summed E-state index contributed by atoms with van der Waals surface area (Å²) in [6, 6.07) is 0. The van der Waals surface area contributed by atoms with Crippen molar-refractivity contribution in [1.29, 1.82) is 0 Å². The van der Waals surface area contributed by atoms with Gasteiger partial charge in [0.2, 0.25) is 0 Å². The van der Waals surface area contributed by atoms with E-state index in [4.69, 9.17) is 4.74 Å². The third-order valence-corrected chi connectivity index (χ3v) is 2.51. The van der Waals surface area contributed by atoms with Crippen LogP contribution in [0.1, 0.15) is 44.9 Å². The van der Waals surface area contributed by atoms with E-state index in [-0.39, 0.29) is 6.42 Å². The van der Waals surface area contributed by atoms with E-state index in [2.05, 4.69) is 0 Å².